The molecule has 1 aromatic carbocycles. The fourth-order valence-corrected chi connectivity index (χ4v) is 4.07. The van der Waals surface area contributed by atoms with Crippen LogP contribution >= 0.6 is 11.8 Å². The van der Waals surface area contributed by atoms with E-state index in [0.717, 1.165) is 24.1 Å². The highest BCUT2D eigenvalue weighted by atomic mass is 32.2. The van der Waals surface area contributed by atoms with Crippen LogP contribution in [0.5, 0.6) is 0 Å². The van der Waals surface area contributed by atoms with Crippen LogP contribution in [0, 0.1) is 17.6 Å². The third-order valence-corrected chi connectivity index (χ3v) is 4.63. The van der Waals surface area contributed by atoms with Gasteiger partial charge in [-0.25, -0.2) is 8.78 Å². The quantitative estimate of drug-likeness (QED) is 0.898. The summed E-state index contributed by atoms with van der Waals surface area (Å²) in [6.07, 6.45) is 0.690. The molecule has 0 aliphatic carbocycles. The van der Waals surface area contributed by atoms with Crippen molar-refractivity contribution in [2.75, 3.05) is 13.2 Å². The Kier molecular flexibility index (Phi) is 5.94. The van der Waals surface area contributed by atoms with Gasteiger partial charge in [-0.1, -0.05) is 32.5 Å². The Bertz CT molecular complexity index is 531. The van der Waals surface area contributed by atoms with Crippen molar-refractivity contribution in [2.24, 2.45) is 10.9 Å². The summed E-state index contributed by atoms with van der Waals surface area (Å²) >= 11 is 1.28. The van der Waals surface area contributed by atoms with Crippen molar-refractivity contribution in [3.63, 3.8) is 0 Å². The molecule has 122 valence electrons. The molecule has 0 aromatic heterocycles. The zero-order chi connectivity index (χ0) is 16.3. The second-order valence-electron chi connectivity index (χ2n) is 5.76. The fraction of sp³-hybridized carbons (Fsp3) is 0.562. The highest BCUT2D eigenvalue weighted by Crippen LogP contribution is 2.33. The van der Waals surface area contributed by atoms with Gasteiger partial charge < -0.3 is 5.11 Å². The van der Waals surface area contributed by atoms with Crippen LogP contribution in [0.25, 0.3) is 0 Å². The molecule has 0 radical (unpaired) electrons. The molecule has 1 aromatic rings. The Balaban J connectivity index is 2.26. The van der Waals surface area contributed by atoms with E-state index >= 15 is 0 Å². The van der Waals surface area contributed by atoms with Gasteiger partial charge in [0.1, 0.15) is 17.8 Å². The summed E-state index contributed by atoms with van der Waals surface area (Å²) in [6.45, 7) is 7.05. The summed E-state index contributed by atoms with van der Waals surface area (Å²) in [7, 11) is 0. The van der Waals surface area contributed by atoms with E-state index in [1.54, 1.807) is 0 Å². The van der Waals surface area contributed by atoms with Crippen molar-refractivity contribution in [2.45, 2.75) is 44.3 Å². The van der Waals surface area contributed by atoms with Gasteiger partial charge in [0, 0.05) is 17.5 Å². The predicted molar refractivity (Wildman–Crippen MR) is 86.1 cm³/mol. The van der Waals surface area contributed by atoms with Crippen LogP contribution in [0.1, 0.15) is 27.2 Å². The molecule has 1 aliphatic heterocycles. The van der Waals surface area contributed by atoms with Gasteiger partial charge >= 0.3 is 0 Å². The number of benzene rings is 1. The number of rotatable bonds is 5. The molecular formula is C16H22F2N2OS. The molecule has 0 fully saturated rings. The molecule has 0 spiro atoms. The Morgan fingerprint density at radius 2 is 1.91 bits per heavy atom. The summed E-state index contributed by atoms with van der Waals surface area (Å²) in [4.78, 5) is 7.24. The van der Waals surface area contributed by atoms with E-state index in [1.165, 1.54) is 23.9 Å². The minimum atomic E-state index is -0.591. The van der Waals surface area contributed by atoms with Crippen molar-refractivity contribution < 1.29 is 13.9 Å². The van der Waals surface area contributed by atoms with Crippen molar-refractivity contribution in [3.8, 4) is 0 Å². The SMILES string of the molecule is CCCN1C(CO)N=C(Sc2cc(F)cc(F)c2)C1C(C)C. The lowest BCUT2D eigenvalue weighted by Crippen LogP contribution is -2.44. The lowest BCUT2D eigenvalue weighted by Gasteiger charge is -2.31. The summed E-state index contributed by atoms with van der Waals surface area (Å²) in [6, 6.07) is 3.54. The van der Waals surface area contributed by atoms with Crippen LogP contribution in [-0.4, -0.2) is 40.4 Å². The Morgan fingerprint density at radius 1 is 1.27 bits per heavy atom. The van der Waals surface area contributed by atoms with Crippen molar-refractivity contribution in [1.82, 2.24) is 4.90 Å². The van der Waals surface area contributed by atoms with Gasteiger partial charge in [-0.2, -0.15) is 0 Å². The maximum atomic E-state index is 13.4. The maximum Gasteiger partial charge on any atom is 0.127 e. The zero-order valence-electron chi connectivity index (χ0n) is 13.1. The molecule has 0 amide bonds. The third-order valence-electron chi connectivity index (χ3n) is 3.60. The number of nitrogens with zero attached hydrogens (tertiary/aromatic N) is 2. The van der Waals surface area contributed by atoms with Crippen molar-refractivity contribution >= 4 is 16.8 Å². The summed E-state index contributed by atoms with van der Waals surface area (Å²) < 4.78 is 26.7. The standard InChI is InChI=1S/C16H22F2N2OS/c1-4-5-20-14(9-21)19-16(15(20)10(2)3)22-13-7-11(17)6-12(18)8-13/h6-8,10,14-15,21H,4-5,9H2,1-3H3. The van der Waals surface area contributed by atoms with Crippen molar-refractivity contribution in [3.05, 3.63) is 29.8 Å². The molecule has 2 unspecified atom stereocenters. The van der Waals surface area contributed by atoms with E-state index in [4.69, 9.17) is 0 Å². The smallest absolute Gasteiger partial charge is 0.127 e. The molecule has 0 bridgehead atoms. The molecule has 1 heterocycles. The first kappa shape index (κ1) is 17.4. The number of aliphatic hydroxyl groups is 1. The molecule has 6 heteroatoms. The lowest BCUT2D eigenvalue weighted by atomic mass is 10.0. The highest BCUT2D eigenvalue weighted by Gasteiger charge is 2.37. The van der Waals surface area contributed by atoms with E-state index in [0.29, 0.717) is 10.8 Å². The molecular weight excluding hydrogens is 306 g/mol. The van der Waals surface area contributed by atoms with Gasteiger partial charge in [0.15, 0.2) is 0 Å². The number of aliphatic imine (C=N–C) groups is 1. The second-order valence-corrected chi connectivity index (χ2v) is 6.86. The first-order valence-electron chi connectivity index (χ1n) is 7.54. The van der Waals surface area contributed by atoms with Crippen LogP contribution in [0.2, 0.25) is 0 Å². The van der Waals surface area contributed by atoms with Crippen LogP contribution in [-0.2, 0) is 0 Å². The van der Waals surface area contributed by atoms with Gasteiger partial charge in [-0.3, -0.25) is 9.89 Å². The second kappa shape index (κ2) is 7.53. The molecule has 1 N–H and O–H groups in total. The van der Waals surface area contributed by atoms with Gasteiger partial charge in [0.2, 0.25) is 0 Å². The highest BCUT2D eigenvalue weighted by molar-refractivity contribution is 8.14. The summed E-state index contributed by atoms with van der Waals surface area (Å²) in [5.41, 5.74) is 0. The molecule has 1 aliphatic rings. The fourth-order valence-electron chi connectivity index (χ4n) is 2.78. The van der Waals surface area contributed by atoms with Crippen LogP contribution in [0.4, 0.5) is 8.78 Å². The zero-order valence-corrected chi connectivity index (χ0v) is 13.9. The largest absolute Gasteiger partial charge is 0.393 e. The van der Waals surface area contributed by atoms with E-state index < -0.39 is 11.6 Å². The number of hydrogen-bond acceptors (Lipinski definition) is 4. The number of thioether (sulfide) groups is 1. The molecule has 2 atom stereocenters. The van der Waals surface area contributed by atoms with E-state index in [1.807, 2.05) is 0 Å². The Morgan fingerprint density at radius 3 is 2.41 bits per heavy atom. The van der Waals surface area contributed by atoms with Crippen LogP contribution < -0.4 is 0 Å². The Hall–Kier alpha value is -0.980. The summed E-state index contributed by atoms with van der Waals surface area (Å²) in [5, 5.41) is 10.4. The number of hydrogen-bond donors (Lipinski definition) is 1. The first-order chi connectivity index (χ1) is 10.5. The minimum absolute atomic E-state index is 0.0508. The maximum absolute atomic E-state index is 13.4. The summed E-state index contributed by atoms with van der Waals surface area (Å²) in [5.74, 6) is -0.884. The average Bonchev–Trinajstić information content (AvgIpc) is 2.75. The van der Waals surface area contributed by atoms with Gasteiger partial charge in [-0.15, -0.1) is 0 Å². The van der Waals surface area contributed by atoms with E-state index in [9.17, 15) is 13.9 Å². The number of aliphatic hydroxyl groups excluding tert-OH is 1. The lowest BCUT2D eigenvalue weighted by molar-refractivity contribution is 0.112. The topological polar surface area (TPSA) is 35.8 Å². The molecule has 0 saturated carbocycles. The molecule has 22 heavy (non-hydrogen) atoms. The predicted octanol–water partition coefficient (Wildman–Crippen LogP) is 3.52. The molecule has 2 rings (SSSR count). The van der Waals surface area contributed by atoms with Crippen molar-refractivity contribution in [1.29, 1.82) is 0 Å². The third kappa shape index (κ3) is 3.86. The van der Waals surface area contributed by atoms with E-state index in [2.05, 4.69) is 30.7 Å². The Labute approximate surface area is 134 Å². The normalized spacial score (nSPS) is 22.4. The molecule has 0 saturated heterocycles. The first-order valence-corrected chi connectivity index (χ1v) is 8.36. The van der Waals surface area contributed by atoms with Gasteiger partial charge in [0.25, 0.3) is 0 Å². The minimum Gasteiger partial charge on any atom is -0.393 e. The van der Waals surface area contributed by atoms with Gasteiger partial charge in [-0.05, 0) is 24.5 Å². The van der Waals surface area contributed by atoms with E-state index in [-0.39, 0.29) is 18.8 Å². The van der Waals surface area contributed by atoms with Crippen LogP contribution in [0.15, 0.2) is 28.1 Å². The average molecular weight is 328 g/mol. The van der Waals surface area contributed by atoms with Gasteiger partial charge in [0.05, 0.1) is 17.7 Å². The molecule has 3 nitrogen and oxygen atoms in total. The van der Waals surface area contributed by atoms with Crippen LogP contribution in [0.3, 0.4) is 0 Å². The number of halogens is 2. The monoisotopic (exact) mass is 328 g/mol.